The van der Waals surface area contributed by atoms with E-state index in [4.69, 9.17) is 0 Å². The minimum atomic E-state index is 0.977. The first-order valence-electron chi connectivity index (χ1n) is 9.85. The van der Waals surface area contributed by atoms with Crippen LogP contribution in [0.25, 0.3) is 54.7 Å². The number of aryl methyl sites for hydroxylation is 1. The van der Waals surface area contributed by atoms with Gasteiger partial charge in [0.15, 0.2) is 0 Å². The second kappa shape index (κ2) is 5.74. The second-order valence-corrected chi connectivity index (χ2v) is 7.42. The van der Waals surface area contributed by atoms with Crippen molar-refractivity contribution in [2.75, 3.05) is 0 Å². The highest BCUT2D eigenvalue weighted by Crippen LogP contribution is 2.34. The molecule has 4 aromatic carbocycles. The lowest BCUT2D eigenvalue weighted by Gasteiger charge is -2.05. The molecule has 0 spiro atoms. The predicted molar refractivity (Wildman–Crippen MR) is 120 cm³/mol. The molecular formula is C26H20N2. The van der Waals surface area contributed by atoms with Gasteiger partial charge in [0.2, 0.25) is 0 Å². The molecule has 2 nitrogen and oxygen atoms in total. The van der Waals surface area contributed by atoms with Crippen LogP contribution in [0.5, 0.6) is 0 Å². The van der Waals surface area contributed by atoms with Gasteiger partial charge in [-0.25, -0.2) is 0 Å². The molecular weight excluding hydrogens is 340 g/mol. The SMILES string of the molecule is CCn1c2ccccc2c2cc(-c3ccc4[nH]c5ccccc5c4c3)ccc21. The summed E-state index contributed by atoms with van der Waals surface area (Å²) in [6, 6.07) is 30.8. The van der Waals surface area contributed by atoms with Crippen molar-refractivity contribution in [3.63, 3.8) is 0 Å². The van der Waals surface area contributed by atoms with Gasteiger partial charge in [0.1, 0.15) is 0 Å². The van der Waals surface area contributed by atoms with E-state index < -0.39 is 0 Å². The van der Waals surface area contributed by atoms with E-state index in [1.807, 2.05) is 0 Å². The third-order valence-electron chi connectivity index (χ3n) is 5.93. The number of aromatic amines is 1. The van der Waals surface area contributed by atoms with Gasteiger partial charge >= 0.3 is 0 Å². The first kappa shape index (κ1) is 15.5. The van der Waals surface area contributed by atoms with E-state index in [0.29, 0.717) is 0 Å². The molecule has 0 saturated heterocycles. The normalized spacial score (nSPS) is 11.9. The van der Waals surface area contributed by atoms with Gasteiger partial charge in [-0.2, -0.15) is 0 Å². The number of hydrogen-bond acceptors (Lipinski definition) is 0. The van der Waals surface area contributed by atoms with Crippen LogP contribution in [0.15, 0.2) is 84.9 Å². The monoisotopic (exact) mass is 360 g/mol. The number of aromatic nitrogens is 2. The molecule has 1 N–H and O–H groups in total. The third-order valence-corrected chi connectivity index (χ3v) is 5.93. The Hall–Kier alpha value is -3.52. The second-order valence-electron chi connectivity index (χ2n) is 7.42. The fourth-order valence-corrected chi connectivity index (χ4v) is 4.60. The molecule has 0 amide bonds. The number of hydrogen-bond donors (Lipinski definition) is 1. The molecule has 0 aliphatic carbocycles. The molecule has 2 heteroatoms. The van der Waals surface area contributed by atoms with Gasteiger partial charge < -0.3 is 9.55 Å². The highest BCUT2D eigenvalue weighted by atomic mass is 15.0. The Labute approximate surface area is 163 Å². The molecule has 6 aromatic rings. The Bertz CT molecular complexity index is 1500. The summed E-state index contributed by atoms with van der Waals surface area (Å²) in [6.45, 7) is 3.19. The number of para-hydroxylation sites is 2. The Kier molecular flexibility index (Phi) is 3.18. The summed E-state index contributed by atoms with van der Waals surface area (Å²) in [7, 11) is 0. The first-order chi connectivity index (χ1) is 13.8. The topological polar surface area (TPSA) is 20.7 Å². The van der Waals surface area contributed by atoms with Crippen molar-refractivity contribution >= 4 is 43.6 Å². The van der Waals surface area contributed by atoms with Crippen LogP contribution in [0.4, 0.5) is 0 Å². The largest absolute Gasteiger partial charge is 0.355 e. The van der Waals surface area contributed by atoms with Gasteiger partial charge in [0.25, 0.3) is 0 Å². The lowest BCUT2D eigenvalue weighted by atomic mass is 10.0. The minimum absolute atomic E-state index is 0.977. The van der Waals surface area contributed by atoms with Crippen LogP contribution in [0.2, 0.25) is 0 Å². The van der Waals surface area contributed by atoms with E-state index in [2.05, 4.69) is 101 Å². The maximum absolute atomic E-state index is 3.52. The average molecular weight is 360 g/mol. The molecule has 0 aliphatic heterocycles. The number of fused-ring (bicyclic) bond motifs is 6. The molecule has 2 heterocycles. The summed E-state index contributed by atoms with van der Waals surface area (Å²) in [5, 5.41) is 5.22. The van der Waals surface area contributed by atoms with Gasteiger partial charge in [-0.1, -0.05) is 48.5 Å². The van der Waals surface area contributed by atoms with Gasteiger partial charge in [-0.15, -0.1) is 0 Å². The smallest absolute Gasteiger partial charge is 0.0491 e. The van der Waals surface area contributed by atoms with Crippen LogP contribution in [0.3, 0.4) is 0 Å². The van der Waals surface area contributed by atoms with E-state index in [0.717, 1.165) is 6.54 Å². The van der Waals surface area contributed by atoms with Crippen molar-refractivity contribution in [2.24, 2.45) is 0 Å². The number of H-pyrrole nitrogens is 1. The summed E-state index contributed by atoms with van der Waals surface area (Å²) >= 11 is 0. The molecule has 0 radical (unpaired) electrons. The molecule has 0 fully saturated rings. The molecule has 0 atom stereocenters. The lowest BCUT2D eigenvalue weighted by molar-refractivity contribution is 0.827. The zero-order valence-electron chi connectivity index (χ0n) is 15.7. The lowest BCUT2D eigenvalue weighted by Crippen LogP contribution is -1.92. The Balaban J connectivity index is 1.62. The van der Waals surface area contributed by atoms with E-state index in [1.54, 1.807) is 0 Å². The minimum Gasteiger partial charge on any atom is -0.355 e. The summed E-state index contributed by atoms with van der Waals surface area (Å²) in [4.78, 5) is 3.52. The maximum Gasteiger partial charge on any atom is 0.0491 e. The van der Waals surface area contributed by atoms with Gasteiger partial charge in [-0.05, 0) is 54.4 Å². The van der Waals surface area contributed by atoms with E-state index in [9.17, 15) is 0 Å². The van der Waals surface area contributed by atoms with Gasteiger partial charge in [-0.3, -0.25) is 0 Å². The van der Waals surface area contributed by atoms with Crippen molar-refractivity contribution in [1.82, 2.24) is 9.55 Å². The van der Waals surface area contributed by atoms with E-state index in [1.165, 1.54) is 54.7 Å². The van der Waals surface area contributed by atoms with Crippen molar-refractivity contribution in [2.45, 2.75) is 13.5 Å². The van der Waals surface area contributed by atoms with Crippen LogP contribution in [-0.4, -0.2) is 9.55 Å². The molecule has 0 aliphatic rings. The van der Waals surface area contributed by atoms with Gasteiger partial charge in [0, 0.05) is 50.2 Å². The van der Waals surface area contributed by atoms with E-state index >= 15 is 0 Å². The van der Waals surface area contributed by atoms with Crippen LogP contribution in [0, 0.1) is 0 Å². The summed E-state index contributed by atoms with van der Waals surface area (Å²) in [5.41, 5.74) is 7.51. The third kappa shape index (κ3) is 2.09. The Morgan fingerprint density at radius 3 is 2.11 bits per heavy atom. The predicted octanol–water partition coefficient (Wildman–Crippen LogP) is 7.12. The fourth-order valence-electron chi connectivity index (χ4n) is 4.60. The van der Waals surface area contributed by atoms with E-state index in [-0.39, 0.29) is 0 Å². The Morgan fingerprint density at radius 1 is 0.607 bits per heavy atom. The zero-order chi connectivity index (χ0) is 18.7. The zero-order valence-corrected chi connectivity index (χ0v) is 15.7. The highest BCUT2D eigenvalue weighted by Gasteiger charge is 2.11. The molecule has 0 unspecified atom stereocenters. The quantitative estimate of drug-likeness (QED) is 0.339. The first-order valence-corrected chi connectivity index (χ1v) is 9.85. The molecule has 2 aromatic heterocycles. The molecule has 0 bridgehead atoms. The van der Waals surface area contributed by atoms with Crippen molar-refractivity contribution in [1.29, 1.82) is 0 Å². The summed E-state index contributed by atoms with van der Waals surface area (Å²) in [5.74, 6) is 0. The summed E-state index contributed by atoms with van der Waals surface area (Å²) < 4.78 is 2.40. The molecule has 0 saturated carbocycles. The van der Waals surface area contributed by atoms with Crippen LogP contribution in [-0.2, 0) is 6.54 Å². The van der Waals surface area contributed by atoms with Gasteiger partial charge in [0.05, 0.1) is 0 Å². The van der Waals surface area contributed by atoms with Crippen molar-refractivity contribution in [3.8, 4) is 11.1 Å². The van der Waals surface area contributed by atoms with Crippen LogP contribution < -0.4 is 0 Å². The number of benzene rings is 4. The summed E-state index contributed by atoms with van der Waals surface area (Å²) in [6.07, 6.45) is 0. The number of rotatable bonds is 2. The molecule has 28 heavy (non-hydrogen) atoms. The fraction of sp³-hybridized carbons (Fsp3) is 0.0769. The number of nitrogens with zero attached hydrogens (tertiary/aromatic N) is 1. The van der Waals surface area contributed by atoms with Crippen molar-refractivity contribution in [3.05, 3.63) is 84.9 Å². The van der Waals surface area contributed by atoms with Crippen molar-refractivity contribution < 1.29 is 0 Å². The Morgan fingerprint density at radius 2 is 1.25 bits per heavy atom. The highest BCUT2D eigenvalue weighted by molar-refractivity contribution is 6.11. The molecule has 6 rings (SSSR count). The number of nitrogens with one attached hydrogen (secondary N) is 1. The maximum atomic E-state index is 3.52. The van der Waals surface area contributed by atoms with Crippen LogP contribution in [0.1, 0.15) is 6.92 Å². The van der Waals surface area contributed by atoms with Crippen LogP contribution >= 0.6 is 0 Å². The molecule has 134 valence electrons. The standard InChI is InChI=1S/C26H20N2/c1-2-28-25-10-6-4-8-20(25)22-16-18(12-14-26(22)28)17-11-13-24-21(15-17)19-7-3-5-9-23(19)27-24/h3-16,27H,2H2,1H3. The average Bonchev–Trinajstić information content (AvgIpc) is 3.28.